The average molecular weight is 399 g/mol. The van der Waals surface area contributed by atoms with Gasteiger partial charge in [-0.1, -0.05) is 6.58 Å². The minimum absolute atomic E-state index is 0.0467. The van der Waals surface area contributed by atoms with E-state index in [0.29, 0.717) is 17.4 Å². The molecular formula is C25H34O4. The molecule has 4 heteroatoms. The van der Waals surface area contributed by atoms with Crippen LogP contribution in [0.15, 0.2) is 12.2 Å². The Morgan fingerprint density at radius 2 is 1.76 bits per heavy atom. The van der Waals surface area contributed by atoms with Crippen molar-refractivity contribution in [1.82, 2.24) is 0 Å². The third-order valence-corrected chi connectivity index (χ3v) is 9.56. The summed E-state index contributed by atoms with van der Waals surface area (Å²) in [5.74, 6) is 2.75. The third kappa shape index (κ3) is 2.84. The van der Waals surface area contributed by atoms with Crippen LogP contribution in [-0.4, -0.2) is 24.1 Å². The van der Waals surface area contributed by atoms with Crippen molar-refractivity contribution in [3.63, 3.8) is 0 Å². The summed E-state index contributed by atoms with van der Waals surface area (Å²) in [6.45, 7) is 5.59. The van der Waals surface area contributed by atoms with Crippen molar-refractivity contribution >= 4 is 11.9 Å². The van der Waals surface area contributed by atoms with E-state index in [-0.39, 0.29) is 40.9 Å². The van der Waals surface area contributed by atoms with Gasteiger partial charge in [0.15, 0.2) is 0 Å². The molecule has 2 aliphatic heterocycles. The minimum Gasteiger partial charge on any atom is -0.462 e. The van der Waals surface area contributed by atoms with E-state index in [1.54, 1.807) is 6.92 Å². The molecule has 8 fully saturated rings. The number of ether oxygens (including phenoxy) is 2. The molecule has 2 heterocycles. The van der Waals surface area contributed by atoms with Crippen molar-refractivity contribution in [2.45, 2.75) is 89.8 Å². The highest BCUT2D eigenvalue weighted by atomic mass is 16.5. The van der Waals surface area contributed by atoms with Crippen LogP contribution in [0.1, 0.15) is 77.6 Å². The molecule has 8 rings (SSSR count). The van der Waals surface area contributed by atoms with Gasteiger partial charge in [0.05, 0.1) is 5.92 Å². The lowest BCUT2D eigenvalue weighted by atomic mass is 9.43. The molecule has 2 saturated heterocycles. The van der Waals surface area contributed by atoms with Gasteiger partial charge in [-0.15, -0.1) is 0 Å². The van der Waals surface area contributed by atoms with Gasteiger partial charge >= 0.3 is 11.9 Å². The fourth-order valence-corrected chi connectivity index (χ4v) is 9.41. The summed E-state index contributed by atoms with van der Waals surface area (Å²) >= 11 is 0. The zero-order valence-electron chi connectivity index (χ0n) is 17.7. The molecule has 29 heavy (non-hydrogen) atoms. The first-order chi connectivity index (χ1) is 13.8. The van der Waals surface area contributed by atoms with E-state index >= 15 is 0 Å². The van der Waals surface area contributed by atoms with Gasteiger partial charge in [0, 0.05) is 11.0 Å². The number of esters is 2. The molecule has 8 bridgehead atoms. The summed E-state index contributed by atoms with van der Waals surface area (Å²) in [4.78, 5) is 25.1. The van der Waals surface area contributed by atoms with E-state index in [1.165, 1.54) is 38.5 Å². The predicted molar refractivity (Wildman–Crippen MR) is 108 cm³/mol. The quantitative estimate of drug-likeness (QED) is 0.504. The topological polar surface area (TPSA) is 52.6 Å². The molecule has 0 spiro atoms. The maximum atomic E-state index is 12.6. The number of rotatable bonds is 4. The smallest absolute Gasteiger partial charge is 0.333 e. The Kier molecular flexibility index (Phi) is 3.88. The van der Waals surface area contributed by atoms with E-state index in [2.05, 4.69) is 6.58 Å². The van der Waals surface area contributed by atoms with Crippen molar-refractivity contribution in [1.29, 1.82) is 0 Å². The van der Waals surface area contributed by atoms with E-state index in [1.807, 2.05) is 0 Å². The van der Waals surface area contributed by atoms with Gasteiger partial charge < -0.3 is 9.47 Å². The van der Waals surface area contributed by atoms with E-state index in [4.69, 9.17) is 9.47 Å². The molecule has 0 radical (unpaired) electrons. The highest BCUT2D eigenvalue weighted by Gasteiger charge is 2.63. The monoisotopic (exact) mass is 398 g/mol. The third-order valence-electron chi connectivity index (χ3n) is 9.56. The van der Waals surface area contributed by atoms with Crippen molar-refractivity contribution in [3.05, 3.63) is 12.2 Å². The summed E-state index contributed by atoms with van der Waals surface area (Å²) in [6, 6.07) is 0. The molecule has 0 N–H and O–H groups in total. The van der Waals surface area contributed by atoms with E-state index in [9.17, 15) is 9.59 Å². The first-order valence-corrected chi connectivity index (χ1v) is 11.9. The molecule has 6 saturated carbocycles. The molecule has 8 aliphatic rings. The number of carbonyl (C=O) groups is 2. The molecule has 158 valence electrons. The normalized spacial score (nSPS) is 51.6. The Bertz CT molecular complexity index is 757. The van der Waals surface area contributed by atoms with Crippen LogP contribution in [0.25, 0.3) is 0 Å². The number of fused-ring (bicyclic) bond motifs is 1. The molecule has 0 amide bonds. The Morgan fingerprint density at radius 3 is 2.48 bits per heavy atom. The SMILES string of the molecule is C=C(C)C(=O)OC1C2CC3CC(C2)CC1(CC12CC4CC(C1)OC(=O)C(C4)C2)C3. The van der Waals surface area contributed by atoms with Crippen LogP contribution < -0.4 is 0 Å². The second-order valence-corrected chi connectivity index (χ2v) is 12.0. The van der Waals surface area contributed by atoms with Crippen LogP contribution in [0.2, 0.25) is 0 Å². The van der Waals surface area contributed by atoms with Gasteiger partial charge in [0.1, 0.15) is 12.2 Å². The zero-order chi connectivity index (χ0) is 20.0. The van der Waals surface area contributed by atoms with Gasteiger partial charge in [0.2, 0.25) is 0 Å². The lowest BCUT2D eigenvalue weighted by Gasteiger charge is -2.63. The van der Waals surface area contributed by atoms with Crippen LogP contribution in [0.4, 0.5) is 0 Å². The van der Waals surface area contributed by atoms with Gasteiger partial charge in [-0.05, 0) is 107 Å². The first-order valence-electron chi connectivity index (χ1n) is 11.9. The second kappa shape index (κ2) is 6.11. The number of hydrogen-bond acceptors (Lipinski definition) is 4. The lowest BCUT2D eigenvalue weighted by molar-refractivity contribution is -0.203. The van der Waals surface area contributed by atoms with E-state index in [0.717, 1.165) is 43.9 Å². The zero-order valence-corrected chi connectivity index (χ0v) is 17.7. The number of carbonyl (C=O) groups excluding carboxylic acids is 2. The maximum Gasteiger partial charge on any atom is 0.333 e. The Balaban J connectivity index is 1.34. The van der Waals surface area contributed by atoms with Crippen LogP contribution >= 0.6 is 0 Å². The van der Waals surface area contributed by atoms with Crippen molar-refractivity contribution in [3.8, 4) is 0 Å². The van der Waals surface area contributed by atoms with Gasteiger partial charge in [-0.3, -0.25) is 4.79 Å². The van der Waals surface area contributed by atoms with Crippen molar-refractivity contribution in [2.24, 2.45) is 40.4 Å². The molecular weight excluding hydrogens is 364 g/mol. The van der Waals surface area contributed by atoms with Gasteiger partial charge in [0.25, 0.3) is 0 Å². The van der Waals surface area contributed by atoms with E-state index < -0.39 is 0 Å². The highest BCUT2D eigenvalue weighted by molar-refractivity contribution is 5.87. The molecule has 4 nitrogen and oxygen atoms in total. The summed E-state index contributed by atoms with van der Waals surface area (Å²) in [5, 5.41) is 0. The second-order valence-electron chi connectivity index (χ2n) is 12.0. The Labute approximate surface area is 173 Å². The summed E-state index contributed by atoms with van der Waals surface area (Å²) in [7, 11) is 0. The molecule has 0 aromatic rings. The molecule has 0 aromatic carbocycles. The fourth-order valence-electron chi connectivity index (χ4n) is 9.41. The van der Waals surface area contributed by atoms with Crippen molar-refractivity contribution < 1.29 is 19.1 Å². The summed E-state index contributed by atoms with van der Waals surface area (Å²) in [5.41, 5.74) is 0.837. The van der Waals surface area contributed by atoms with Crippen LogP contribution in [0, 0.1) is 40.4 Å². The van der Waals surface area contributed by atoms with Gasteiger partial charge in [-0.25, -0.2) is 4.79 Å². The lowest BCUT2D eigenvalue weighted by Crippen LogP contribution is -2.59. The minimum atomic E-state index is -0.205. The standard InChI is InChI=1S/C25H34O4/c1-14(2)22(26)29-21-18-4-15-3-16(5-18)10-25(21,9-15)13-24-8-17-6-19(11-24)23(27)28-20(7-17)12-24/h15-21H,1,3-13H2,2H3. The van der Waals surface area contributed by atoms with Gasteiger partial charge in [-0.2, -0.15) is 0 Å². The summed E-state index contributed by atoms with van der Waals surface area (Å²) < 4.78 is 12.1. The first kappa shape index (κ1) is 18.4. The summed E-state index contributed by atoms with van der Waals surface area (Å²) in [6.07, 6.45) is 13.0. The fraction of sp³-hybridized carbons (Fsp3) is 0.840. The molecule has 7 atom stereocenters. The molecule has 0 aromatic heterocycles. The predicted octanol–water partition coefficient (Wildman–Crippen LogP) is 4.81. The van der Waals surface area contributed by atoms with Crippen LogP contribution in [0.3, 0.4) is 0 Å². The number of hydrogen-bond donors (Lipinski definition) is 0. The molecule has 6 aliphatic carbocycles. The molecule has 7 unspecified atom stereocenters. The van der Waals surface area contributed by atoms with Crippen LogP contribution in [-0.2, 0) is 19.1 Å². The van der Waals surface area contributed by atoms with Crippen molar-refractivity contribution in [2.75, 3.05) is 0 Å². The average Bonchev–Trinajstić information content (AvgIpc) is 2.78. The highest BCUT2D eigenvalue weighted by Crippen LogP contribution is 2.67. The van der Waals surface area contributed by atoms with Crippen LogP contribution in [0.5, 0.6) is 0 Å². The maximum absolute atomic E-state index is 12.6. The Morgan fingerprint density at radius 1 is 1.03 bits per heavy atom. The Hall–Kier alpha value is -1.32. The largest absolute Gasteiger partial charge is 0.462 e.